The molecule has 0 aliphatic heterocycles. The second-order valence-electron chi connectivity index (χ2n) is 7.12. The van der Waals surface area contributed by atoms with Crippen LogP contribution in [0.25, 0.3) is 0 Å². The van der Waals surface area contributed by atoms with Gasteiger partial charge >= 0.3 is 0 Å². The normalized spacial score (nSPS) is 11.8. The van der Waals surface area contributed by atoms with Gasteiger partial charge in [0.05, 0.1) is 6.61 Å². The van der Waals surface area contributed by atoms with E-state index in [1.165, 1.54) is 5.56 Å². The number of benzene rings is 2. The van der Waals surface area contributed by atoms with Crippen LogP contribution in [0.5, 0.6) is 11.5 Å². The third-order valence-electron chi connectivity index (χ3n) is 4.82. The minimum atomic E-state index is 0.333. The van der Waals surface area contributed by atoms with E-state index < -0.39 is 0 Å². The molecule has 0 fully saturated rings. The summed E-state index contributed by atoms with van der Waals surface area (Å²) in [7, 11) is 0. The summed E-state index contributed by atoms with van der Waals surface area (Å²) in [6.07, 6.45) is 3.94. The van der Waals surface area contributed by atoms with Gasteiger partial charge in [-0.05, 0) is 42.7 Å². The molecule has 1 unspecified atom stereocenters. The van der Waals surface area contributed by atoms with Gasteiger partial charge in [0.2, 0.25) is 0 Å². The lowest BCUT2D eigenvalue weighted by Gasteiger charge is -2.19. The number of rotatable bonds is 11. The van der Waals surface area contributed by atoms with Crippen LogP contribution in [-0.2, 0) is 13.2 Å². The lowest BCUT2D eigenvalue weighted by Crippen LogP contribution is -2.20. The molecule has 0 aliphatic rings. The molecule has 3 rings (SSSR count). The average Bonchev–Trinajstić information content (AvgIpc) is 2.78. The first-order valence-electron chi connectivity index (χ1n) is 10.5. The molecule has 1 N–H and O–H groups in total. The fourth-order valence-corrected chi connectivity index (χ4v) is 3.42. The van der Waals surface area contributed by atoms with Gasteiger partial charge in [-0.15, -0.1) is 0 Å². The zero-order valence-electron chi connectivity index (χ0n) is 17.6. The Labute approximate surface area is 184 Å². The second-order valence-corrected chi connectivity index (χ2v) is 7.51. The smallest absolute Gasteiger partial charge is 0.161 e. The summed E-state index contributed by atoms with van der Waals surface area (Å²) in [5.74, 6) is 1.48. The summed E-state index contributed by atoms with van der Waals surface area (Å²) >= 11 is 5.85. The first-order valence-corrected chi connectivity index (χ1v) is 10.8. The van der Waals surface area contributed by atoms with Crippen molar-refractivity contribution < 1.29 is 9.47 Å². The summed E-state index contributed by atoms with van der Waals surface area (Å²) in [5, 5.41) is 4.16. The van der Waals surface area contributed by atoms with Crippen molar-refractivity contribution in [2.24, 2.45) is 0 Å². The van der Waals surface area contributed by atoms with Gasteiger partial charge in [0.15, 0.2) is 11.5 Å². The maximum absolute atomic E-state index is 5.98. The van der Waals surface area contributed by atoms with Crippen LogP contribution in [0.3, 0.4) is 0 Å². The molecule has 0 spiro atoms. The number of pyridine rings is 1. The van der Waals surface area contributed by atoms with Crippen LogP contribution in [0, 0.1) is 0 Å². The van der Waals surface area contributed by atoms with E-state index in [1.807, 2.05) is 19.1 Å². The van der Waals surface area contributed by atoms with Gasteiger partial charge < -0.3 is 14.8 Å². The molecule has 0 bridgehead atoms. The van der Waals surface area contributed by atoms with Gasteiger partial charge in [0.1, 0.15) is 11.8 Å². The molecule has 0 saturated carbocycles. The molecule has 0 aliphatic carbocycles. The Balaban J connectivity index is 1.66. The number of aromatic nitrogens is 1. The van der Waals surface area contributed by atoms with Crippen molar-refractivity contribution in [1.29, 1.82) is 0 Å². The Hall–Kier alpha value is -2.56. The van der Waals surface area contributed by atoms with E-state index in [9.17, 15) is 0 Å². The number of hydrogen-bond acceptors (Lipinski definition) is 4. The zero-order chi connectivity index (χ0) is 21.2. The van der Waals surface area contributed by atoms with Crippen LogP contribution in [0.2, 0.25) is 5.15 Å². The van der Waals surface area contributed by atoms with E-state index in [1.54, 1.807) is 12.3 Å². The minimum absolute atomic E-state index is 0.333. The Morgan fingerprint density at radius 1 is 0.933 bits per heavy atom. The molecule has 0 amide bonds. The lowest BCUT2D eigenvalue weighted by molar-refractivity contribution is 0.268. The van der Waals surface area contributed by atoms with E-state index in [4.69, 9.17) is 21.1 Å². The fraction of sp³-hybridized carbons (Fsp3) is 0.320. The van der Waals surface area contributed by atoms with Gasteiger partial charge in [0.25, 0.3) is 0 Å². The molecule has 1 heterocycles. The SMILES string of the molecule is CCCC(NCc1ccc(OCc2ccc(Cl)nc2)c(OCC)c1)c1ccccc1. The van der Waals surface area contributed by atoms with Crippen molar-refractivity contribution in [3.05, 3.63) is 88.7 Å². The third-order valence-corrected chi connectivity index (χ3v) is 5.05. The highest BCUT2D eigenvalue weighted by Crippen LogP contribution is 2.30. The topological polar surface area (TPSA) is 43.4 Å². The van der Waals surface area contributed by atoms with Crippen molar-refractivity contribution in [2.75, 3.05) is 6.61 Å². The van der Waals surface area contributed by atoms with Crippen LogP contribution in [0.1, 0.15) is 49.4 Å². The van der Waals surface area contributed by atoms with Gasteiger partial charge in [0, 0.05) is 24.3 Å². The highest BCUT2D eigenvalue weighted by Gasteiger charge is 2.12. The molecule has 5 heteroatoms. The zero-order valence-corrected chi connectivity index (χ0v) is 18.4. The molecule has 4 nitrogen and oxygen atoms in total. The van der Waals surface area contributed by atoms with Crippen LogP contribution >= 0.6 is 11.6 Å². The molecular formula is C25H29ClN2O2. The molecular weight excluding hydrogens is 396 g/mol. The average molecular weight is 425 g/mol. The van der Waals surface area contributed by atoms with Crippen LogP contribution in [-0.4, -0.2) is 11.6 Å². The molecule has 30 heavy (non-hydrogen) atoms. The summed E-state index contributed by atoms with van der Waals surface area (Å²) in [6.45, 7) is 5.95. The van der Waals surface area contributed by atoms with E-state index in [-0.39, 0.29) is 0 Å². The molecule has 1 atom stereocenters. The standard InChI is InChI=1S/C25H29ClN2O2/c1-3-8-22(21-9-6-5-7-10-21)27-16-19-11-13-23(24(15-19)29-4-2)30-18-20-12-14-25(26)28-17-20/h5-7,9-15,17,22,27H,3-4,8,16,18H2,1-2H3. The summed E-state index contributed by atoms with van der Waals surface area (Å²) in [6, 6.07) is 20.7. The molecule has 158 valence electrons. The first kappa shape index (κ1) is 22.1. The summed E-state index contributed by atoms with van der Waals surface area (Å²) in [4.78, 5) is 4.09. The number of nitrogens with one attached hydrogen (secondary N) is 1. The first-order chi connectivity index (χ1) is 14.7. The van der Waals surface area contributed by atoms with E-state index in [2.05, 4.69) is 59.7 Å². The number of halogens is 1. The Bertz CT molecular complexity index is 901. The van der Waals surface area contributed by atoms with Crippen molar-refractivity contribution in [3.63, 3.8) is 0 Å². The molecule has 1 aromatic heterocycles. The highest BCUT2D eigenvalue weighted by atomic mass is 35.5. The predicted molar refractivity (Wildman–Crippen MR) is 122 cm³/mol. The van der Waals surface area contributed by atoms with Gasteiger partial charge in [-0.25, -0.2) is 4.98 Å². The monoisotopic (exact) mass is 424 g/mol. The highest BCUT2D eigenvalue weighted by molar-refractivity contribution is 6.29. The van der Waals surface area contributed by atoms with Gasteiger partial charge in [-0.1, -0.05) is 67.4 Å². The van der Waals surface area contributed by atoms with E-state index in [0.717, 1.165) is 42.0 Å². The van der Waals surface area contributed by atoms with E-state index in [0.29, 0.717) is 24.4 Å². The molecule has 0 saturated heterocycles. The fourth-order valence-electron chi connectivity index (χ4n) is 3.30. The van der Waals surface area contributed by atoms with Crippen LogP contribution < -0.4 is 14.8 Å². The molecule has 0 radical (unpaired) electrons. The number of hydrogen-bond donors (Lipinski definition) is 1. The number of nitrogens with zero attached hydrogens (tertiary/aromatic N) is 1. The quantitative estimate of drug-likeness (QED) is 0.364. The Morgan fingerprint density at radius 3 is 2.43 bits per heavy atom. The summed E-state index contributed by atoms with van der Waals surface area (Å²) in [5.41, 5.74) is 3.44. The minimum Gasteiger partial charge on any atom is -0.490 e. The lowest BCUT2D eigenvalue weighted by atomic mass is 10.0. The second kappa shape index (κ2) is 11.6. The van der Waals surface area contributed by atoms with Crippen LogP contribution in [0.15, 0.2) is 66.9 Å². The molecule has 2 aromatic carbocycles. The maximum Gasteiger partial charge on any atom is 0.161 e. The van der Waals surface area contributed by atoms with Crippen molar-refractivity contribution in [2.45, 2.75) is 45.9 Å². The van der Waals surface area contributed by atoms with Crippen molar-refractivity contribution in [3.8, 4) is 11.5 Å². The number of ether oxygens (including phenoxy) is 2. The van der Waals surface area contributed by atoms with Crippen LogP contribution in [0.4, 0.5) is 0 Å². The van der Waals surface area contributed by atoms with E-state index >= 15 is 0 Å². The maximum atomic E-state index is 5.98. The van der Waals surface area contributed by atoms with Crippen molar-refractivity contribution in [1.82, 2.24) is 10.3 Å². The Kier molecular flexibility index (Phi) is 8.54. The summed E-state index contributed by atoms with van der Waals surface area (Å²) < 4.78 is 11.8. The van der Waals surface area contributed by atoms with Gasteiger partial charge in [-0.3, -0.25) is 0 Å². The molecule has 3 aromatic rings. The third kappa shape index (κ3) is 6.48. The van der Waals surface area contributed by atoms with Gasteiger partial charge in [-0.2, -0.15) is 0 Å². The Morgan fingerprint density at radius 2 is 1.73 bits per heavy atom. The predicted octanol–water partition coefficient (Wildman–Crippen LogP) is 6.34. The largest absolute Gasteiger partial charge is 0.490 e. The van der Waals surface area contributed by atoms with Crippen molar-refractivity contribution >= 4 is 11.6 Å².